The van der Waals surface area contributed by atoms with Crippen LogP contribution in [-0.2, 0) is 27.9 Å². The normalized spacial score (nSPS) is 27.7. The van der Waals surface area contributed by atoms with Gasteiger partial charge >= 0.3 is 6.09 Å². The second-order valence-corrected chi connectivity index (χ2v) is 9.80. The van der Waals surface area contributed by atoms with Crippen molar-refractivity contribution in [3.63, 3.8) is 0 Å². The molecule has 2 aromatic rings. The number of hydrogen-bond donors (Lipinski definition) is 3. The first-order valence-electron chi connectivity index (χ1n) is 12.4. The molecule has 5 rings (SSSR count). The fourth-order valence-corrected chi connectivity index (χ4v) is 5.02. The van der Waals surface area contributed by atoms with Crippen LogP contribution in [0, 0.1) is 5.92 Å². The average molecular weight is 487 g/mol. The van der Waals surface area contributed by atoms with E-state index in [4.69, 9.17) is 19.2 Å². The van der Waals surface area contributed by atoms with E-state index in [0.29, 0.717) is 24.9 Å². The van der Waals surface area contributed by atoms with Crippen molar-refractivity contribution < 1.29 is 19.0 Å². The summed E-state index contributed by atoms with van der Waals surface area (Å²) in [6.45, 7) is 5.58. The van der Waals surface area contributed by atoms with Crippen molar-refractivity contribution in [1.29, 1.82) is 0 Å². The fraction of sp³-hybridized carbons (Fsp3) is 0.696. The van der Waals surface area contributed by atoms with E-state index < -0.39 is 0 Å². The van der Waals surface area contributed by atoms with Crippen LogP contribution in [0.5, 0.6) is 0 Å². The zero-order valence-electron chi connectivity index (χ0n) is 20.5. The SMILES string of the molecule is CC(C)NC(=O)O[C@@H]1CC[C@H](C2CC(=Nc3ncnc4c(COC5CCOC5)nn(C)c34)NN2)C1. The third-order valence-corrected chi connectivity index (χ3v) is 6.74. The molecule has 2 aliphatic heterocycles. The lowest BCUT2D eigenvalue weighted by molar-refractivity contribution is 0.0304. The number of hydrazine groups is 1. The van der Waals surface area contributed by atoms with Gasteiger partial charge < -0.3 is 25.0 Å². The summed E-state index contributed by atoms with van der Waals surface area (Å²) in [6, 6.07) is 0.286. The summed E-state index contributed by atoms with van der Waals surface area (Å²) < 4.78 is 18.7. The van der Waals surface area contributed by atoms with Crippen LogP contribution in [0.2, 0.25) is 0 Å². The fourth-order valence-electron chi connectivity index (χ4n) is 5.02. The molecule has 1 saturated carbocycles. The van der Waals surface area contributed by atoms with Crippen LogP contribution in [0.3, 0.4) is 0 Å². The van der Waals surface area contributed by atoms with Gasteiger partial charge in [0.05, 0.1) is 19.3 Å². The van der Waals surface area contributed by atoms with Crippen LogP contribution >= 0.6 is 0 Å². The first-order valence-corrected chi connectivity index (χ1v) is 12.4. The number of amides is 1. The van der Waals surface area contributed by atoms with Crippen molar-refractivity contribution in [3.8, 4) is 0 Å². The molecule has 35 heavy (non-hydrogen) atoms. The molecule has 0 aromatic carbocycles. The Hall–Kier alpha value is -2.83. The van der Waals surface area contributed by atoms with Crippen LogP contribution in [0.25, 0.3) is 11.0 Å². The second-order valence-electron chi connectivity index (χ2n) is 9.80. The third kappa shape index (κ3) is 5.54. The van der Waals surface area contributed by atoms with Crippen molar-refractivity contribution in [2.24, 2.45) is 18.0 Å². The van der Waals surface area contributed by atoms with Crippen LogP contribution in [0.4, 0.5) is 10.6 Å². The van der Waals surface area contributed by atoms with Crippen molar-refractivity contribution in [1.82, 2.24) is 35.9 Å². The van der Waals surface area contributed by atoms with E-state index in [1.165, 1.54) is 6.33 Å². The molecule has 1 amide bonds. The summed E-state index contributed by atoms with van der Waals surface area (Å²) in [7, 11) is 1.87. The highest BCUT2D eigenvalue weighted by Gasteiger charge is 2.36. The van der Waals surface area contributed by atoms with E-state index in [2.05, 4.69) is 31.2 Å². The minimum absolute atomic E-state index is 0.0473. The molecule has 190 valence electrons. The van der Waals surface area contributed by atoms with Gasteiger partial charge in [-0.1, -0.05) is 0 Å². The molecule has 12 nitrogen and oxygen atoms in total. The van der Waals surface area contributed by atoms with Crippen LogP contribution < -0.4 is 16.2 Å². The van der Waals surface area contributed by atoms with Crippen molar-refractivity contribution >= 4 is 28.8 Å². The van der Waals surface area contributed by atoms with Gasteiger partial charge in [0, 0.05) is 32.2 Å². The number of carbonyl (C=O) groups is 1. The van der Waals surface area contributed by atoms with E-state index in [0.717, 1.165) is 61.3 Å². The van der Waals surface area contributed by atoms with Gasteiger partial charge in [-0.15, -0.1) is 0 Å². The predicted molar refractivity (Wildman–Crippen MR) is 128 cm³/mol. The zero-order valence-corrected chi connectivity index (χ0v) is 20.5. The Labute approximate surface area is 204 Å². The standard InChI is InChI=1S/C23H34N8O4/c1-13(2)26-23(32)35-15-5-4-14(8-15)17-9-19(29-28-17)27-22-21-20(24-12-25-22)18(30-31(21)3)11-34-16-6-7-33-10-16/h12-17,28H,4-11H2,1-3H3,(H,26,32)(H,24,25,27,29)/t14-,15+,16?,17?/m0/s1. The summed E-state index contributed by atoms with van der Waals surface area (Å²) >= 11 is 0. The lowest BCUT2D eigenvalue weighted by Crippen LogP contribution is -2.36. The Kier molecular flexibility index (Phi) is 7.12. The van der Waals surface area contributed by atoms with E-state index in [9.17, 15) is 4.79 Å². The number of carbonyl (C=O) groups excluding carboxylic acids is 1. The second kappa shape index (κ2) is 10.4. The number of alkyl carbamates (subject to hydrolysis) is 1. The van der Waals surface area contributed by atoms with Crippen molar-refractivity contribution in [3.05, 3.63) is 12.0 Å². The number of fused-ring (bicyclic) bond motifs is 1. The van der Waals surface area contributed by atoms with E-state index in [1.807, 2.05) is 20.9 Å². The monoisotopic (exact) mass is 486 g/mol. The van der Waals surface area contributed by atoms with Gasteiger partial charge in [-0.3, -0.25) is 4.68 Å². The van der Waals surface area contributed by atoms with Crippen LogP contribution in [0.1, 0.15) is 51.6 Å². The lowest BCUT2D eigenvalue weighted by Gasteiger charge is -2.18. The highest BCUT2D eigenvalue weighted by molar-refractivity contribution is 5.92. The number of nitrogens with one attached hydrogen (secondary N) is 3. The molecule has 2 unspecified atom stereocenters. The van der Waals surface area contributed by atoms with Gasteiger partial charge in [-0.25, -0.2) is 25.2 Å². The molecule has 0 bridgehead atoms. The molecule has 3 aliphatic rings. The molecular formula is C23H34N8O4. The van der Waals surface area contributed by atoms with Gasteiger partial charge in [0.1, 0.15) is 35.0 Å². The van der Waals surface area contributed by atoms with E-state index in [1.54, 1.807) is 4.68 Å². The predicted octanol–water partition coefficient (Wildman–Crippen LogP) is 1.87. The van der Waals surface area contributed by atoms with Crippen LogP contribution in [0.15, 0.2) is 11.3 Å². The number of aromatic nitrogens is 4. The summed E-state index contributed by atoms with van der Waals surface area (Å²) in [6.07, 6.45) is 5.60. The maximum absolute atomic E-state index is 11.9. The third-order valence-electron chi connectivity index (χ3n) is 6.74. The largest absolute Gasteiger partial charge is 0.446 e. The molecule has 1 aliphatic carbocycles. The number of aliphatic imine (C=N–C) groups is 1. The van der Waals surface area contributed by atoms with Crippen molar-refractivity contribution in [2.45, 2.75) is 76.9 Å². The van der Waals surface area contributed by atoms with E-state index >= 15 is 0 Å². The minimum Gasteiger partial charge on any atom is -0.446 e. The maximum Gasteiger partial charge on any atom is 0.407 e. The Morgan fingerprint density at radius 1 is 1.31 bits per heavy atom. The first-order chi connectivity index (χ1) is 17.0. The number of aryl methyl sites for hydroxylation is 1. The Morgan fingerprint density at radius 3 is 3.00 bits per heavy atom. The number of rotatable bonds is 7. The summed E-state index contributed by atoms with van der Waals surface area (Å²) in [4.78, 5) is 25.6. The summed E-state index contributed by atoms with van der Waals surface area (Å²) in [5.41, 5.74) is 8.87. The lowest BCUT2D eigenvalue weighted by atomic mass is 9.96. The van der Waals surface area contributed by atoms with Gasteiger partial charge in [0.15, 0.2) is 5.82 Å². The van der Waals surface area contributed by atoms with Crippen molar-refractivity contribution in [2.75, 3.05) is 13.2 Å². The molecule has 12 heteroatoms. The smallest absolute Gasteiger partial charge is 0.407 e. The average Bonchev–Trinajstić information content (AvgIpc) is 3.60. The summed E-state index contributed by atoms with van der Waals surface area (Å²) in [5, 5.41) is 7.40. The topological polar surface area (TPSA) is 137 Å². The van der Waals surface area contributed by atoms with Gasteiger partial charge in [-0.2, -0.15) is 5.10 Å². The molecule has 4 heterocycles. The Balaban J connectivity index is 1.22. The number of hydrogen-bond acceptors (Lipinski definition) is 9. The summed E-state index contributed by atoms with van der Waals surface area (Å²) in [5.74, 6) is 1.79. The van der Waals surface area contributed by atoms with Crippen LogP contribution in [-0.4, -0.2) is 69.2 Å². The number of nitrogens with zero attached hydrogens (tertiary/aromatic N) is 5. The molecule has 4 atom stereocenters. The molecule has 3 fully saturated rings. The van der Waals surface area contributed by atoms with Gasteiger partial charge in [0.2, 0.25) is 0 Å². The molecule has 0 radical (unpaired) electrons. The van der Waals surface area contributed by atoms with Gasteiger partial charge in [0.25, 0.3) is 0 Å². The zero-order chi connectivity index (χ0) is 24.4. The molecule has 0 spiro atoms. The number of amidine groups is 1. The highest BCUT2D eigenvalue weighted by atomic mass is 16.6. The van der Waals surface area contributed by atoms with E-state index in [-0.39, 0.29) is 30.4 Å². The van der Waals surface area contributed by atoms with Gasteiger partial charge in [-0.05, 0) is 45.4 Å². The first kappa shape index (κ1) is 23.9. The molecule has 2 saturated heterocycles. The Bertz CT molecular complexity index is 1080. The molecular weight excluding hydrogens is 452 g/mol. The molecule has 3 N–H and O–H groups in total. The highest BCUT2D eigenvalue weighted by Crippen LogP contribution is 2.33. The quantitative estimate of drug-likeness (QED) is 0.535. The maximum atomic E-state index is 11.9. The number of ether oxygens (including phenoxy) is 3. The molecule has 2 aromatic heterocycles. The minimum atomic E-state index is -0.337. The Morgan fingerprint density at radius 2 is 2.20 bits per heavy atom.